The Morgan fingerprint density at radius 2 is 1.89 bits per heavy atom. The van der Waals surface area contributed by atoms with E-state index in [4.69, 9.17) is 5.73 Å². The molecule has 0 radical (unpaired) electrons. The summed E-state index contributed by atoms with van der Waals surface area (Å²) in [5, 5.41) is 2.44. The Labute approximate surface area is 120 Å². The van der Waals surface area contributed by atoms with Gasteiger partial charge in [0, 0.05) is 28.5 Å². The molecule has 3 nitrogen and oxygen atoms in total. The number of halogens is 1. The molecule has 0 spiro atoms. The first-order chi connectivity index (χ1) is 9.28. The van der Waals surface area contributed by atoms with Crippen molar-refractivity contribution in [3.05, 3.63) is 59.1 Å². The van der Waals surface area contributed by atoms with Gasteiger partial charge in [0.15, 0.2) is 0 Å². The highest BCUT2D eigenvalue weighted by Crippen LogP contribution is 2.23. The monoisotopic (exact) mass is 315 g/mol. The summed E-state index contributed by atoms with van der Waals surface area (Å²) in [5.74, 6) is 0. The summed E-state index contributed by atoms with van der Waals surface area (Å²) in [4.78, 5) is 4.21. The Morgan fingerprint density at radius 1 is 1.11 bits per heavy atom. The zero-order valence-corrected chi connectivity index (χ0v) is 12.0. The van der Waals surface area contributed by atoms with E-state index in [0.717, 1.165) is 22.3 Å². The predicted octanol–water partition coefficient (Wildman–Crippen LogP) is 3.29. The van der Waals surface area contributed by atoms with Gasteiger partial charge in [-0.15, -0.1) is 0 Å². The average Bonchev–Trinajstić information content (AvgIpc) is 2.87. The summed E-state index contributed by atoms with van der Waals surface area (Å²) >= 11 is 3.49. The highest BCUT2D eigenvalue weighted by Gasteiger charge is 2.04. The molecule has 3 aromatic rings. The van der Waals surface area contributed by atoms with Crippen molar-refractivity contribution < 1.29 is 0 Å². The van der Waals surface area contributed by atoms with Gasteiger partial charge in [-0.3, -0.25) is 0 Å². The van der Waals surface area contributed by atoms with Crippen LogP contribution < -0.4 is 5.73 Å². The molecular weight excluding hydrogens is 302 g/mol. The summed E-state index contributed by atoms with van der Waals surface area (Å²) in [7, 11) is 0. The van der Waals surface area contributed by atoms with Crippen LogP contribution in [0.3, 0.4) is 0 Å². The second-order valence-electron chi connectivity index (χ2n) is 4.47. The number of hydrogen-bond donors (Lipinski definition) is 1. The lowest BCUT2D eigenvalue weighted by Gasteiger charge is -2.09. The SMILES string of the molecule is NCCc1cncn1-c1ccc2cc(Br)ccc2c1. The largest absolute Gasteiger partial charge is 0.330 e. The van der Waals surface area contributed by atoms with Crippen molar-refractivity contribution in [3.8, 4) is 5.69 Å². The minimum absolute atomic E-state index is 0.631. The van der Waals surface area contributed by atoms with E-state index in [1.807, 2.05) is 12.5 Å². The summed E-state index contributed by atoms with van der Waals surface area (Å²) < 4.78 is 3.19. The molecule has 0 fully saturated rings. The van der Waals surface area contributed by atoms with Crippen LogP contribution in [0.25, 0.3) is 16.5 Å². The zero-order chi connectivity index (χ0) is 13.2. The molecule has 0 aliphatic heterocycles. The van der Waals surface area contributed by atoms with Crippen LogP contribution in [0.2, 0.25) is 0 Å². The van der Waals surface area contributed by atoms with Crippen LogP contribution in [0.5, 0.6) is 0 Å². The Hall–Kier alpha value is -1.65. The number of hydrogen-bond acceptors (Lipinski definition) is 2. The zero-order valence-electron chi connectivity index (χ0n) is 10.4. The molecular formula is C15H14BrN3. The number of rotatable bonds is 3. The fraction of sp³-hybridized carbons (Fsp3) is 0.133. The van der Waals surface area contributed by atoms with E-state index in [1.165, 1.54) is 10.8 Å². The molecule has 2 N–H and O–H groups in total. The summed E-state index contributed by atoms with van der Waals surface area (Å²) in [6.45, 7) is 0.631. The molecule has 1 aromatic heterocycles. The molecule has 0 saturated heterocycles. The molecule has 0 atom stereocenters. The van der Waals surface area contributed by atoms with Crippen LogP contribution in [0.4, 0.5) is 0 Å². The molecule has 19 heavy (non-hydrogen) atoms. The highest BCUT2D eigenvalue weighted by atomic mass is 79.9. The summed E-state index contributed by atoms with van der Waals surface area (Å²) in [6, 6.07) is 12.7. The smallest absolute Gasteiger partial charge is 0.0994 e. The van der Waals surface area contributed by atoms with Crippen LogP contribution in [0, 0.1) is 0 Å². The molecule has 0 bridgehead atoms. The van der Waals surface area contributed by atoms with Gasteiger partial charge in [0.25, 0.3) is 0 Å². The molecule has 0 saturated carbocycles. The molecule has 4 heteroatoms. The van der Waals surface area contributed by atoms with Gasteiger partial charge < -0.3 is 10.3 Å². The minimum Gasteiger partial charge on any atom is -0.330 e. The van der Waals surface area contributed by atoms with Crippen molar-refractivity contribution in [2.24, 2.45) is 5.73 Å². The Morgan fingerprint density at radius 3 is 2.74 bits per heavy atom. The predicted molar refractivity (Wildman–Crippen MR) is 81.5 cm³/mol. The van der Waals surface area contributed by atoms with Crippen LogP contribution in [0.15, 0.2) is 53.4 Å². The van der Waals surface area contributed by atoms with Gasteiger partial charge in [-0.1, -0.05) is 28.1 Å². The third-order valence-corrected chi connectivity index (χ3v) is 3.67. The van der Waals surface area contributed by atoms with E-state index in [-0.39, 0.29) is 0 Å². The number of nitrogens with two attached hydrogens (primary N) is 1. The van der Waals surface area contributed by atoms with E-state index in [2.05, 4.69) is 61.9 Å². The fourth-order valence-electron chi connectivity index (χ4n) is 2.24. The van der Waals surface area contributed by atoms with Crippen LogP contribution in [-0.4, -0.2) is 16.1 Å². The lowest BCUT2D eigenvalue weighted by atomic mass is 10.1. The number of nitrogens with zero attached hydrogens (tertiary/aromatic N) is 2. The van der Waals surface area contributed by atoms with Gasteiger partial charge >= 0.3 is 0 Å². The highest BCUT2D eigenvalue weighted by molar-refractivity contribution is 9.10. The molecule has 3 rings (SSSR count). The van der Waals surface area contributed by atoms with E-state index in [0.29, 0.717) is 6.54 Å². The molecule has 96 valence electrons. The van der Waals surface area contributed by atoms with Crippen LogP contribution in [-0.2, 0) is 6.42 Å². The fourth-order valence-corrected chi connectivity index (χ4v) is 2.62. The Balaban J connectivity index is 2.10. The first kappa shape index (κ1) is 12.4. The molecule has 0 aliphatic rings. The van der Waals surface area contributed by atoms with E-state index in [9.17, 15) is 0 Å². The van der Waals surface area contributed by atoms with Crippen LogP contribution >= 0.6 is 15.9 Å². The maximum absolute atomic E-state index is 5.63. The van der Waals surface area contributed by atoms with E-state index < -0.39 is 0 Å². The van der Waals surface area contributed by atoms with Crippen LogP contribution in [0.1, 0.15) is 5.69 Å². The van der Waals surface area contributed by atoms with Gasteiger partial charge in [-0.2, -0.15) is 0 Å². The second kappa shape index (κ2) is 5.15. The van der Waals surface area contributed by atoms with Gasteiger partial charge in [0.2, 0.25) is 0 Å². The topological polar surface area (TPSA) is 43.8 Å². The lowest BCUT2D eigenvalue weighted by molar-refractivity contribution is 0.874. The lowest BCUT2D eigenvalue weighted by Crippen LogP contribution is -2.07. The van der Waals surface area contributed by atoms with Crippen molar-refractivity contribution in [1.29, 1.82) is 0 Å². The number of imidazole rings is 1. The van der Waals surface area contributed by atoms with Crippen molar-refractivity contribution in [3.63, 3.8) is 0 Å². The molecule has 2 aromatic carbocycles. The maximum atomic E-state index is 5.63. The van der Waals surface area contributed by atoms with E-state index in [1.54, 1.807) is 0 Å². The quantitative estimate of drug-likeness (QED) is 0.806. The maximum Gasteiger partial charge on any atom is 0.0994 e. The number of fused-ring (bicyclic) bond motifs is 1. The first-order valence-corrected chi connectivity index (χ1v) is 6.98. The third kappa shape index (κ3) is 2.41. The van der Waals surface area contributed by atoms with Crippen molar-refractivity contribution in [2.75, 3.05) is 6.54 Å². The standard InChI is InChI=1S/C15H14BrN3/c16-13-3-1-12-8-14(4-2-11(12)7-13)19-10-18-9-15(19)5-6-17/h1-4,7-10H,5-6,17H2. The van der Waals surface area contributed by atoms with Crippen molar-refractivity contribution in [2.45, 2.75) is 6.42 Å². The molecule has 1 heterocycles. The Kier molecular flexibility index (Phi) is 3.36. The van der Waals surface area contributed by atoms with Gasteiger partial charge in [-0.05, 0) is 41.6 Å². The van der Waals surface area contributed by atoms with Gasteiger partial charge in [0.05, 0.1) is 6.33 Å². The molecule has 0 aliphatic carbocycles. The van der Waals surface area contributed by atoms with Gasteiger partial charge in [-0.25, -0.2) is 4.98 Å². The third-order valence-electron chi connectivity index (χ3n) is 3.18. The second-order valence-corrected chi connectivity index (χ2v) is 5.39. The molecule has 0 unspecified atom stereocenters. The van der Waals surface area contributed by atoms with E-state index >= 15 is 0 Å². The summed E-state index contributed by atoms with van der Waals surface area (Å²) in [5.41, 5.74) is 7.89. The summed E-state index contributed by atoms with van der Waals surface area (Å²) in [6.07, 6.45) is 4.54. The first-order valence-electron chi connectivity index (χ1n) is 6.19. The number of aromatic nitrogens is 2. The average molecular weight is 316 g/mol. The van der Waals surface area contributed by atoms with Crippen molar-refractivity contribution in [1.82, 2.24) is 9.55 Å². The normalized spacial score (nSPS) is 11.1. The van der Waals surface area contributed by atoms with Gasteiger partial charge in [0.1, 0.15) is 0 Å². The number of benzene rings is 2. The van der Waals surface area contributed by atoms with Crippen molar-refractivity contribution >= 4 is 26.7 Å². The molecule has 0 amide bonds. The Bertz CT molecular complexity index is 718. The minimum atomic E-state index is 0.631.